The van der Waals surface area contributed by atoms with Gasteiger partial charge in [-0.1, -0.05) is 214 Å². The summed E-state index contributed by atoms with van der Waals surface area (Å²) in [6, 6.07) is -0.912. The lowest BCUT2D eigenvalue weighted by atomic mass is 10.0. The molecule has 0 rings (SSSR count). The van der Waals surface area contributed by atoms with Crippen molar-refractivity contribution >= 4 is 13.7 Å². The van der Waals surface area contributed by atoms with Crippen molar-refractivity contribution in [2.75, 3.05) is 40.9 Å². The molecule has 0 heterocycles. The lowest BCUT2D eigenvalue weighted by Crippen LogP contribution is -2.45. The molecule has 0 saturated heterocycles. The number of rotatable bonds is 46. The van der Waals surface area contributed by atoms with E-state index in [1.54, 1.807) is 6.08 Å². The first-order valence-corrected chi connectivity index (χ1v) is 27.5. The predicted octanol–water partition coefficient (Wildman–Crippen LogP) is 15.3. The van der Waals surface area contributed by atoms with Gasteiger partial charge in [0.05, 0.1) is 39.9 Å². The van der Waals surface area contributed by atoms with Crippen molar-refractivity contribution in [1.29, 1.82) is 0 Å². The van der Waals surface area contributed by atoms with E-state index in [-0.39, 0.29) is 25.5 Å². The van der Waals surface area contributed by atoms with Crippen LogP contribution < -0.4 is 5.32 Å². The van der Waals surface area contributed by atoms with Gasteiger partial charge in [-0.05, 0) is 70.6 Å². The Kier molecular flexibility index (Phi) is 44.2. The molecule has 0 aromatic carbocycles. The molecular weight excluding hydrogens is 816 g/mol. The van der Waals surface area contributed by atoms with E-state index < -0.39 is 20.0 Å². The van der Waals surface area contributed by atoms with Gasteiger partial charge in [-0.15, -0.1) is 0 Å². The molecule has 370 valence electrons. The molecule has 0 aromatic heterocycles. The van der Waals surface area contributed by atoms with Gasteiger partial charge in [0.15, 0.2) is 0 Å². The highest BCUT2D eigenvalue weighted by Crippen LogP contribution is 2.43. The number of phosphoric ester groups is 1. The zero-order valence-electron chi connectivity index (χ0n) is 42.0. The molecule has 1 amide bonds. The Morgan fingerprint density at radius 3 is 1.42 bits per heavy atom. The van der Waals surface area contributed by atoms with E-state index >= 15 is 0 Å². The van der Waals surface area contributed by atoms with Gasteiger partial charge in [-0.3, -0.25) is 13.8 Å². The quantitative estimate of drug-likeness (QED) is 0.0243. The van der Waals surface area contributed by atoms with Gasteiger partial charge >= 0.3 is 7.82 Å². The minimum atomic E-state index is -4.38. The lowest BCUT2D eigenvalue weighted by Gasteiger charge is -2.25. The predicted molar refractivity (Wildman–Crippen MR) is 276 cm³/mol. The van der Waals surface area contributed by atoms with E-state index in [0.717, 1.165) is 51.4 Å². The molecule has 0 fully saturated rings. The van der Waals surface area contributed by atoms with Crippen LogP contribution in [0.4, 0.5) is 0 Å². The molecule has 3 N–H and O–H groups in total. The molecule has 0 saturated carbocycles. The summed E-state index contributed by atoms with van der Waals surface area (Å²) in [5.74, 6) is -0.273. The molecule has 0 aliphatic heterocycles. The summed E-state index contributed by atoms with van der Waals surface area (Å²) < 4.78 is 23.5. The number of hydrogen-bond acceptors (Lipinski definition) is 5. The van der Waals surface area contributed by atoms with Crippen molar-refractivity contribution in [1.82, 2.24) is 5.32 Å². The third kappa shape index (κ3) is 47.6. The monoisotopic (exact) mass is 916 g/mol. The van der Waals surface area contributed by atoms with Crippen LogP contribution in [-0.2, 0) is 18.4 Å². The number of carbonyl (C=O) groups is 1. The van der Waals surface area contributed by atoms with E-state index in [4.69, 9.17) is 9.05 Å². The second-order valence-electron chi connectivity index (χ2n) is 18.5. The Balaban J connectivity index is 4.32. The summed E-state index contributed by atoms with van der Waals surface area (Å²) in [6.45, 7) is 4.60. The maximum Gasteiger partial charge on any atom is 0.472 e. The maximum atomic E-state index is 12.8. The fraction of sp³-hybridized carbons (Fsp3) is 0.727. The van der Waals surface area contributed by atoms with E-state index in [9.17, 15) is 19.4 Å². The zero-order valence-corrected chi connectivity index (χ0v) is 42.9. The molecule has 0 aromatic rings. The summed E-state index contributed by atoms with van der Waals surface area (Å²) in [7, 11) is 1.49. The molecule has 0 radical (unpaired) electrons. The first-order chi connectivity index (χ1) is 31.0. The van der Waals surface area contributed by atoms with Crippen LogP contribution in [0.15, 0.2) is 85.1 Å². The average Bonchev–Trinajstić information content (AvgIpc) is 3.25. The average molecular weight is 916 g/mol. The topological polar surface area (TPSA) is 105 Å². The number of likely N-dealkylation sites (N-methyl/N-ethyl adjacent to an activating group) is 1. The third-order valence-corrected chi connectivity index (χ3v) is 12.1. The second kappa shape index (κ2) is 45.8. The molecule has 8 nitrogen and oxygen atoms in total. The van der Waals surface area contributed by atoms with Crippen LogP contribution in [-0.4, -0.2) is 73.4 Å². The normalized spacial score (nSPS) is 14.8. The molecule has 0 aliphatic rings. The largest absolute Gasteiger partial charge is 0.472 e. The number of quaternary nitrogens is 1. The van der Waals surface area contributed by atoms with Crippen LogP contribution in [0.3, 0.4) is 0 Å². The van der Waals surface area contributed by atoms with Gasteiger partial charge in [0.25, 0.3) is 0 Å². The number of allylic oxidation sites excluding steroid dienone is 13. The van der Waals surface area contributed by atoms with E-state index in [1.807, 2.05) is 39.4 Å². The number of aliphatic hydroxyl groups is 1. The fourth-order valence-corrected chi connectivity index (χ4v) is 7.76. The Morgan fingerprint density at radius 2 is 0.953 bits per heavy atom. The number of unbranched alkanes of at least 4 members (excludes halogenated alkanes) is 21. The lowest BCUT2D eigenvalue weighted by molar-refractivity contribution is -0.870. The van der Waals surface area contributed by atoms with Gasteiger partial charge < -0.3 is 19.8 Å². The van der Waals surface area contributed by atoms with Crippen molar-refractivity contribution in [2.45, 2.75) is 219 Å². The molecule has 9 heteroatoms. The van der Waals surface area contributed by atoms with E-state index in [2.05, 4.69) is 79.9 Å². The zero-order chi connectivity index (χ0) is 47.1. The Morgan fingerprint density at radius 1 is 0.547 bits per heavy atom. The third-order valence-electron chi connectivity index (χ3n) is 11.1. The minimum Gasteiger partial charge on any atom is -0.387 e. The van der Waals surface area contributed by atoms with Gasteiger partial charge in [-0.25, -0.2) is 4.57 Å². The number of nitrogens with one attached hydrogen (secondary N) is 1. The van der Waals surface area contributed by atoms with Crippen molar-refractivity contribution in [2.24, 2.45) is 0 Å². The van der Waals surface area contributed by atoms with Crippen molar-refractivity contribution in [3.05, 3.63) is 85.1 Å². The van der Waals surface area contributed by atoms with Gasteiger partial charge in [0.2, 0.25) is 5.91 Å². The van der Waals surface area contributed by atoms with Gasteiger partial charge in [0.1, 0.15) is 13.2 Å². The smallest absolute Gasteiger partial charge is 0.387 e. The molecule has 3 unspecified atom stereocenters. The van der Waals surface area contributed by atoms with Crippen molar-refractivity contribution in [3.8, 4) is 0 Å². The number of nitrogens with zero attached hydrogens (tertiary/aromatic N) is 1. The summed E-state index contributed by atoms with van der Waals surface area (Å²) in [5, 5.41) is 13.8. The molecule has 0 bridgehead atoms. The van der Waals surface area contributed by atoms with Crippen LogP contribution >= 0.6 is 7.82 Å². The standard InChI is InChI=1S/C55H99N2O6P/c1-6-8-10-12-14-16-18-20-21-22-23-24-25-26-27-28-29-30-31-32-33-34-35-37-38-40-42-44-46-48-54(58)53(52-63-64(60,61)62-51-50-57(3,4)5)56-55(59)49-47-45-43-41-39-36-19-17-15-13-11-9-7-2/h9,11,15,17,33-34,36,38-40,43,45-46,48,53-54,58H,6-8,10,12-14,16,18-32,35,37,41-42,44,47,49-52H2,1-5H3,(H-,56,59,60,61)/p+1/b11-9-,17-15-,34-33+,39-36-,40-38+,45-43-,48-46+. The van der Waals surface area contributed by atoms with Crippen LogP contribution in [0.5, 0.6) is 0 Å². The van der Waals surface area contributed by atoms with Crippen LogP contribution in [0.25, 0.3) is 0 Å². The number of amides is 1. The summed E-state index contributed by atoms with van der Waals surface area (Å²) in [4.78, 5) is 23.1. The number of aliphatic hydroxyl groups excluding tert-OH is 1. The maximum absolute atomic E-state index is 12.8. The summed E-state index contributed by atoms with van der Waals surface area (Å²) in [6.07, 6.45) is 64.3. The van der Waals surface area contributed by atoms with Gasteiger partial charge in [0, 0.05) is 6.42 Å². The first kappa shape index (κ1) is 61.7. The van der Waals surface area contributed by atoms with E-state index in [0.29, 0.717) is 17.4 Å². The first-order valence-electron chi connectivity index (χ1n) is 26.0. The van der Waals surface area contributed by atoms with Gasteiger partial charge in [-0.2, -0.15) is 0 Å². The molecular formula is C55H100N2O6P+. The highest BCUT2D eigenvalue weighted by atomic mass is 31.2. The Labute approximate surface area is 395 Å². The van der Waals surface area contributed by atoms with Crippen molar-refractivity contribution < 1.29 is 32.9 Å². The number of hydrogen-bond donors (Lipinski definition) is 3. The minimum absolute atomic E-state index is 0.0368. The highest BCUT2D eigenvalue weighted by Gasteiger charge is 2.27. The Bertz CT molecular complexity index is 1310. The SMILES string of the molecule is CC/C=C\C/C=C\C/C=C\C/C=C\CCC(=O)NC(COP(=O)(O)OCC[N+](C)(C)C)C(O)/C=C/CC/C=C/CC/C=C/CCCCCCCCCCCCCCCCCCCCC. The van der Waals surface area contributed by atoms with Crippen LogP contribution in [0.1, 0.15) is 206 Å². The van der Waals surface area contributed by atoms with E-state index in [1.165, 1.54) is 128 Å². The van der Waals surface area contributed by atoms with Crippen LogP contribution in [0.2, 0.25) is 0 Å². The second-order valence-corrected chi connectivity index (χ2v) is 19.9. The van der Waals surface area contributed by atoms with Crippen molar-refractivity contribution in [3.63, 3.8) is 0 Å². The molecule has 64 heavy (non-hydrogen) atoms. The number of phosphoric acid groups is 1. The fourth-order valence-electron chi connectivity index (χ4n) is 7.03. The molecule has 0 aliphatic carbocycles. The molecule has 0 spiro atoms. The Hall–Kier alpha value is -2.32. The number of carbonyl (C=O) groups excluding carboxylic acids is 1. The molecule has 3 atom stereocenters. The summed E-state index contributed by atoms with van der Waals surface area (Å²) in [5.41, 5.74) is 0. The summed E-state index contributed by atoms with van der Waals surface area (Å²) >= 11 is 0. The highest BCUT2D eigenvalue weighted by molar-refractivity contribution is 7.47. The van der Waals surface area contributed by atoms with Crippen LogP contribution in [0, 0.1) is 0 Å².